The van der Waals surface area contributed by atoms with E-state index in [0.717, 1.165) is 0 Å². The largest absolute Gasteiger partial charge is 0.444 e. The third-order valence-electron chi connectivity index (χ3n) is 1.96. The second kappa shape index (κ2) is 5.83. The molecule has 0 aliphatic carbocycles. The lowest BCUT2D eigenvalue weighted by Gasteiger charge is -2.21. The lowest BCUT2D eigenvalue weighted by molar-refractivity contribution is 0.0479. The second-order valence-electron chi connectivity index (χ2n) is 4.76. The summed E-state index contributed by atoms with van der Waals surface area (Å²) in [5, 5.41) is 24.1. The van der Waals surface area contributed by atoms with Gasteiger partial charge in [0.1, 0.15) is 23.9 Å². The third kappa shape index (κ3) is 4.34. The van der Waals surface area contributed by atoms with E-state index in [4.69, 9.17) is 14.4 Å². The van der Waals surface area contributed by atoms with Crippen molar-refractivity contribution in [3.63, 3.8) is 0 Å². The van der Waals surface area contributed by atoms with Crippen LogP contribution in [0.4, 0.5) is 4.79 Å². The Kier molecular flexibility index (Phi) is 4.69. The van der Waals surface area contributed by atoms with Gasteiger partial charge in [-0.25, -0.2) is 4.79 Å². The zero-order chi connectivity index (χ0) is 13.8. The van der Waals surface area contributed by atoms with Crippen molar-refractivity contribution in [1.82, 2.24) is 10.5 Å². The lowest BCUT2D eigenvalue weighted by Crippen LogP contribution is -2.36. The molecule has 0 bridgehead atoms. The van der Waals surface area contributed by atoms with Crippen molar-refractivity contribution in [2.24, 2.45) is 0 Å². The molecule has 0 spiro atoms. The number of nitrogens with zero attached hydrogens (tertiary/aromatic N) is 1. The van der Waals surface area contributed by atoms with Crippen LogP contribution in [0.3, 0.4) is 0 Å². The summed E-state index contributed by atoms with van der Waals surface area (Å²) in [6.07, 6.45) is -0.657. The van der Waals surface area contributed by atoms with Crippen LogP contribution < -0.4 is 5.32 Å². The SMILES string of the molecule is CC(C)(C)OC(=O)N[C@@H](CO)c1cc(CO)on1. The first-order chi connectivity index (χ1) is 8.35. The van der Waals surface area contributed by atoms with Gasteiger partial charge in [-0.05, 0) is 20.8 Å². The maximum atomic E-state index is 11.5. The molecule has 0 unspecified atom stereocenters. The molecule has 1 aromatic rings. The Morgan fingerprint density at radius 1 is 1.56 bits per heavy atom. The molecule has 1 heterocycles. The van der Waals surface area contributed by atoms with Crippen molar-refractivity contribution in [3.05, 3.63) is 17.5 Å². The fourth-order valence-corrected chi connectivity index (χ4v) is 1.23. The average molecular weight is 258 g/mol. The number of nitrogens with one attached hydrogen (secondary N) is 1. The first kappa shape index (κ1) is 14.5. The number of rotatable bonds is 4. The Labute approximate surface area is 105 Å². The van der Waals surface area contributed by atoms with Crippen LogP contribution in [-0.4, -0.2) is 33.7 Å². The molecule has 1 atom stereocenters. The number of carbonyl (C=O) groups excluding carboxylic acids is 1. The molecule has 7 nitrogen and oxygen atoms in total. The van der Waals surface area contributed by atoms with Crippen molar-refractivity contribution < 1.29 is 24.3 Å². The zero-order valence-corrected chi connectivity index (χ0v) is 10.6. The van der Waals surface area contributed by atoms with Crippen LogP contribution >= 0.6 is 0 Å². The van der Waals surface area contributed by atoms with Crippen molar-refractivity contribution in [2.75, 3.05) is 6.61 Å². The smallest absolute Gasteiger partial charge is 0.408 e. The second-order valence-corrected chi connectivity index (χ2v) is 4.76. The molecular formula is C11H18N2O5. The van der Waals surface area contributed by atoms with Crippen molar-refractivity contribution in [2.45, 2.75) is 39.0 Å². The van der Waals surface area contributed by atoms with Crippen LogP contribution in [0.2, 0.25) is 0 Å². The van der Waals surface area contributed by atoms with Gasteiger partial charge in [-0.3, -0.25) is 0 Å². The minimum Gasteiger partial charge on any atom is -0.444 e. The molecule has 0 aliphatic rings. The van der Waals surface area contributed by atoms with Gasteiger partial charge in [0.2, 0.25) is 0 Å². The molecule has 102 valence electrons. The maximum Gasteiger partial charge on any atom is 0.408 e. The topological polar surface area (TPSA) is 105 Å². The number of aliphatic hydroxyl groups excluding tert-OH is 2. The van der Waals surface area contributed by atoms with Crippen LogP contribution in [0.15, 0.2) is 10.6 Å². The Balaban J connectivity index is 2.64. The van der Waals surface area contributed by atoms with Gasteiger partial charge in [0.15, 0.2) is 5.76 Å². The summed E-state index contributed by atoms with van der Waals surface area (Å²) in [6, 6.07) is 0.724. The predicted octanol–water partition coefficient (Wildman–Crippen LogP) is 0.725. The molecule has 0 aliphatic heterocycles. The third-order valence-corrected chi connectivity index (χ3v) is 1.96. The molecule has 0 fully saturated rings. The van der Waals surface area contributed by atoms with Gasteiger partial charge < -0.3 is 24.8 Å². The number of hydrogen-bond acceptors (Lipinski definition) is 6. The van der Waals surface area contributed by atoms with E-state index in [2.05, 4.69) is 10.5 Å². The normalized spacial score (nSPS) is 13.2. The van der Waals surface area contributed by atoms with Crippen molar-refractivity contribution >= 4 is 6.09 Å². The zero-order valence-electron chi connectivity index (χ0n) is 10.6. The molecule has 1 rings (SSSR count). The summed E-state index contributed by atoms with van der Waals surface area (Å²) in [7, 11) is 0. The Bertz CT molecular complexity index is 396. The van der Waals surface area contributed by atoms with Crippen LogP contribution in [0.1, 0.15) is 38.3 Å². The van der Waals surface area contributed by atoms with E-state index in [-0.39, 0.29) is 19.0 Å². The van der Waals surface area contributed by atoms with E-state index in [0.29, 0.717) is 5.69 Å². The monoisotopic (exact) mass is 258 g/mol. The molecule has 3 N–H and O–H groups in total. The van der Waals surface area contributed by atoms with Crippen LogP contribution in [0.25, 0.3) is 0 Å². The quantitative estimate of drug-likeness (QED) is 0.735. The highest BCUT2D eigenvalue weighted by Gasteiger charge is 2.22. The van der Waals surface area contributed by atoms with Gasteiger partial charge in [0, 0.05) is 6.07 Å². The number of carbonyl (C=O) groups is 1. The number of alkyl carbamates (subject to hydrolysis) is 1. The van der Waals surface area contributed by atoms with E-state index >= 15 is 0 Å². The summed E-state index contributed by atoms with van der Waals surface area (Å²) in [5.74, 6) is 0.259. The van der Waals surface area contributed by atoms with Gasteiger partial charge in [-0.1, -0.05) is 5.16 Å². The fourth-order valence-electron chi connectivity index (χ4n) is 1.23. The number of ether oxygens (including phenoxy) is 1. The minimum absolute atomic E-state index is 0.259. The molecule has 1 amide bonds. The average Bonchev–Trinajstić information content (AvgIpc) is 2.71. The predicted molar refractivity (Wildman–Crippen MR) is 61.6 cm³/mol. The molecule has 0 saturated carbocycles. The van der Waals surface area contributed by atoms with Crippen LogP contribution in [0.5, 0.6) is 0 Å². The molecule has 0 aromatic carbocycles. The molecule has 0 radical (unpaired) electrons. The summed E-state index contributed by atoms with van der Waals surface area (Å²) in [4.78, 5) is 11.5. The van der Waals surface area contributed by atoms with Crippen LogP contribution in [-0.2, 0) is 11.3 Å². The first-order valence-corrected chi connectivity index (χ1v) is 5.52. The number of aromatic nitrogens is 1. The first-order valence-electron chi connectivity index (χ1n) is 5.52. The maximum absolute atomic E-state index is 11.5. The number of aliphatic hydroxyl groups is 2. The molecular weight excluding hydrogens is 240 g/mol. The highest BCUT2D eigenvalue weighted by Crippen LogP contribution is 2.14. The van der Waals surface area contributed by atoms with Crippen molar-refractivity contribution in [3.8, 4) is 0 Å². The highest BCUT2D eigenvalue weighted by molar-refractivity contribution is 5.68. The van der Waals surface area contributed by atoms with Gasteiger partial charge in [0.05, 0.1) is 6.61 Å². The standard InChI is InChI=1S/C11H18N2O5/c1-11(2,3)17-10(16)12-9(6-15)8-4-7(5-14)18-13-8/h4,9,14-15H,5-6H2,1-3H3,(H,12,16)/t9-/m0/s1. The molecule has 7 heteroatoms. The van der Waals surface area contributed by atoms with Gasteiger partial charge in [0.25, 0.3) is 0 Å². The van der Waals surface area contributed by atoms with Gasteiger partial charge in [-0.15, -0.1) is 0 Å². The van der Waals surface area contributed by atoms with Crippen LogP contribution in [0, 0.1) is 0 Å². The molecule has 1 aromatic heterocycles. The van der Waals surface area contributed by atoms with E-state index in [9.17, 15) is 9.90 Å². The van der Waals surface area contributed by atoms with E-state index < -0.39 is 17.7 Å². The summed E-state index contributed by atoms with van der Waals surface area (Å²) >= 11 is 0. The lowest BCUT2D eigenvalue weighted by atomic mass is 10.2. The summed E-state index contributed by atoms with van der Waals surface area (Å²) in [6.45, 7) is 4.57. The van der Waals surface area contributed by atoms with Gasteiger partial charge in [-0.2, -0.15) is 0 Å². The number of amides is 1. The van der Waals surface area contributed by atoms with E-state index in [1.165, 1.54) is 6.07 Å². The van der Waals surface area contributed by atoms with Crippen molar-refractivity contribution in [1.29, 1.82) is 0 Å². The van der Waals surface area contributed by atoms with Gasteiger partial charge >= 0.3 is 6.09 Å². The molecule has 18 heavy (non-hydrogen) atoms. The minimum atomic E-state index is -0.733. The summed E-state index contributed by atoms with van der Waals surface area (Å²) in [5.41, 5.74) is -0.295. The molecule has 0 saturated heterocycles. The number of hydrogen-bond donors (Lipinski definition) is 3. The fraction of sp³-hybridized carbons (Fsp3) is 0.636. The van der Waals surface area contributed by atoms with E-state index in [1.807, 2.05) is 0 Å². The van der Waals surface area contributed by atoms with E-state index in [1.54, 1.807) is 20.8 Å². The summed E-state index contributed by atoms with van der Waals surface area (Å²) < 4.78 is 9.83. The Morgan fingerprint density at radius 3 is 2.67 bits per heavy atom. The Morgan fingerprint density at radius 2 is 2.22 bits per heavy atom. The highest BCUT2D eigenvalue weighted by atomic mass is 16.6. The Hall–Kier alpha value is -1.60.